The zero-order valence-electron chi connectivity index (χ0n) is 8.04. The third kappa shape index (κ3) is 1.25. The van der Waals surface area contributed by atoms with Gasteiger partial charge in [-0.25, -0.2) is 0 Å². The second-order valence-electron chi connectivity index (χ2n) is 3.41. The van der Waals surface area contributed by atoms with E-state index in [1.54, 1.807) is 7.11 Å². The van der Waals surface area contributed by atoms with Crippen LogP contribution in [0.3, 0.4) is 0 Å². The molecular formula is C9H14N2O2. The van der Waals surface area contributed by atoms with Crippen LogP contribution in [0.25, 0.3) is 0 Å². The lowest BCUT2D eigenvalue weighted by Crippen LogP contribution is -2.36. The minimum absolute atomic E-state index is 0.263. The number of hydrogen-bond donors (Lipinski definition) is 0. The Bertz CT molecular complexity index is 286. The van der Waals surface area contributed by atoms with Crippen molar-refractivity contribution in [2.45, 2.75) is 38.2 Å². The Labute approximate surface area is 77.3 Å². The zero-order valence-corrected chi connectivity index (χ0v) is 8.04. The minimum atomic E-state index is -0.263. The van der Waals surface area contributed by atoms with E-state index in [-0.39, 0.29) is 5.60 Å². The quantitative estimate of drug-likeness (QED) is 0.713. The molecule has 0 aromatic carbocycles. The fourth-order valence-corrected chi connectivity index (χ4v) is 1.58. The molecule has 2 rings (SSSR count). The summed E-state index contributed by atoms with van der Waals surface area (Å²) in [6.45, 7) is 2.00. The average Bonchev–Trinajstić information content (AvgIpc) is 2.52. The summed E-state index contributed by atoms with van der Waals surface area (Å²) < 4.78 is 10.9. The molecule has 0 aliphatic heterocycles. The van der Waals surface area contributed by atoms with E-state index in [0.717, 1.165) is 19.3 Å². The van der Waals surface area contributed by atoms with E-state index in [4.69, 9.17) is 9.15 Å². The molecule has 0 radical (unpaired) electrons. The summed E-state index contributed by atoms with van der Waals surface area (Å²) in [6, 6.07) is 0. The molecule has 1 aromatic heterocycles. The summed E-state index contributed by atoms with van der Waals surface area (Å²) in [5.74, 6) is 1.34. The first-order valence-electron chi connectivity index (χ1n) is 4.69. The van der Waals surface area contributed by atoms with Crippen LogP contribution in [0.2, 0.25) is 0 Å². The average molecular weight is 182 g/mol. The normalized spacial score (nSPS) is 19.8. The molecule has 0 unspecified atom stereocenters. The highest BCUT2D eigenvalue weighted by atomic mass is 16.5. The fourth-order valence-electron chi connectivity index (χ4n) is 1.58. The van der Waals surface area contributed by atoms with Crippen LogP contribution in [0.15, 0.2) is 4.42 Å². The summed E-state index contributed by atoms with van der Waals surface area (Å²) in [4.78, 5) is 0. The molecule has 0 atom stereocenters. The lowest BCUT2D eigenvalue weighted by atomic mass is 9.80. The highest BCUT2D eigenvalue weighted by Crippen LogP contribution is 2.43. The van der Waals surface area contributed by atoms with Crippen molar-refractivity contribution in [2.75, 3.05) is 7.11 Å². The van der Waals surface area contributed by atoms with E-state index < -0.39 is 0 Å². The van der Waals surface area contributed by atoms with Crippen molar-refractivity contribution in [1.29, 1.82) is 0 Å². The maximum Gasteiger partial charge on any atom is 0.248 e. The van der Waals surface area contributed by atoms with Crippen LogP contribution in [0.5, 0.6) is 0 Å². The molecular weight excluding hydrogens is 168 g/mol. The van der Waals surface area contributed by atoms with E-state index in [2.05, 4.69) is 10.2 Å². The Balaban J connectivity index is 2.23. The van der Waals surface area contributed by atoms with Gasteiger partial charge < -0.3 is 9.15 Å². The Morgan fingerprint density at radius 3 is 2.62 bits per heavy atom. The van der Waals surface area contributed by atoms with Crippen LogP contribution >= 0.6 is 0 Å². The number of methoxy groups -OCH3 is 1. The SMILES string of the molecule is CCc1nnc(C2(OC)CCC2)o1. The van der Waals surface area contributed by atoms with Crippen molar-refractivity contribution in [1.82, 2.24) is 10.2 Å². The first kappa shape index (κ1) is 8.69. The molecule has 4 nitrogen and oxygen atoms in total. The van der Waals surface area contributed by atoms with Crippen LogP contribution < -0.4 is 0 Å². The van der Waals surface area contributed by atoms with Crippen LogP contribution in [0.1, 0.15) is 38.0 Å². The van der Waals surface area contributed by atoms with Crippen molar-refractivity contribution in [3.05, 3.63) is 11.8 Å². The first-order valence-corrected chi connectivity index (χ1v) is 4.69. The molecule has 0 N–H and O–H groups in total. The number of rotatable bonds is 3. The van der Waals surface area contributed by atoms with Crippen molar-refractivity contribution >= 4 is 0 Å². The number of aryl methyl sites for hydroxylation is 1. The number of hydrogen-bond acceptors (Lipinski definition) is 4. The summed E-state index contributed by atoms with van der Waals surface area (Å²) in [5.41, 5.74) is -0.263. The lowest BCUT2D eigenvalue weighted by Gasteiger charge is -2.36. The molecule has 13 heavy (non-hydrogen) atoms. The Hall–Kier alpha value is -0.900. The molecule has 72 valence electrons. The first-order chi connectivity index (χ1) is 6.30. The van der Waals surface area contributed by atoms with Crippen molar-refractivity contribution in [3.63, 3.8) is 0 Å². The Kier molecular flexibility index (Phi) is 2.07. The van der Waals surface area contributed by atoms with Gasteiger partial charge in [0, 0.05) is 13.5 Å². The Morgan fingerprint density at radius 1 is 1.46 bits per heavy atom. The van der Waals surface area contributed by atoms with Crippen molar-refractivity contribution in [3.8, 4) is 0 Å². The third-order valence-electron chi connectivity index (χ3n) is 2.71. The summed E-state index contributed by atoms with van der Waals surface area (Å²) in [6.07, 6.45) is 3.95. The van der Waals surface area contributed by atoms with E-state index >= 15 is 0 Å². The summed E-state index contributed by atoms with van der Waals surface area (Å²) in [5, 5.41) is 7.94. The molecule has 0 spiro atoms. The van der Waals surface area contributed by atoms with Crippen LogP contribution in [-0.4, -0.2) is 17.3 Å². The standard InChI is InChI=1S/C9H14N2O2/c1-3-7-10-11-8(13-7)9(12-2)5-4-6-9/h3-6H2,1-2H3. The van der Waals surface area contributed by atoms with Gasteiger partial charge in [-0.3, -0.25) is 0 Å². The highest BCUT2D eigenvalue weighted by Gasteiger charge is 2.43. The molecule has 1 saturated carbocycles. The van der Waals surface area contributed by atoms with E-state index in [9.17, 15) is 0 Å². The molecule has 0 saturated heterocycles. The van der Waals surface area contributed by atoms with E-state index in [1.807, 2.05) is 6.92 Å². The monoisotopic (exact) mass is 182 g/mol. The Morgan fingerprint density at radius 2 is 2.23 bits per heavy atom. The molecule has 4 heteroatoms. The second kappa shape index (κ2) is 3.10. The van der Waals surface area contributed by atoms with Gasteiger partial charge >= 0.3 is 0 Å². The number of aromatic nitrogens is 2. The van der Waals surface area contributed by atoms with Gasteiger partial charge in [0.05, 0.1) is 0 Å². The third-order valence-corrected chi connectivity index (χ3v) is 2.71. The smallest absolute Gasteiger partial charge is 0.248 e. The largest absolute Gasteiger partial charge is 0.422 e. The van der Waals surface area contributed by atoms with Crippen LogP contribution in [0.4, 0.5) is 0 Å². The molecule has 1 aliphatic rings. The van der Waals surface area contributed by atoms with Crippen LogP contribution in [0, 0.1) is 0 Å². The van der Waals surface area contributed by atoms with Crippen LogP contribution in [-0.2, 0) is 16.8 Å². The van der Waals surface area contributed by atoms with Gasteiger partial charge in [-0.2, -0.15) is 0 Å². The van der Waals surface area contributed by atoms with Gasteiger partial charge in [-0.15, -0.1) is 10.2 Å². The van der Waals surface area contributed by atoms with E-state index in [1.165, 1.54) is 6.42 Å². The minimum Gasteiger partial charge on any atom is -0.422 e. The summed E-state index contributed by atoms with van der Waals surface area (Å²) >= 11 is 0. The van der Waals surface area contributed by atoms with E-state index in [0.29, 0.717) is 11.8 Å². The van der Waals surface area contributed by atoms with Gasteiger partial charge in [0.25, 0.3) is 0 Å². The lowest BCUT2D eigenvalue weighted by molar-refractivity contribution is -0.0971. The molecule has 1 heterocycles. The molecule has 0 bridgehead atoms. The van der Waals surface area contributed by atoms with Gasteiger partial charge in [0.15, 0.2) is 0 Å². The molecule has 0 amide bonds. The molecule has 1 aromatic rings. The number of nitrogens with zero attached hydrogens (tertiary/aromatic N) is 2. The van der Waals surface area contributed by atoms with Gasteiger partial charge in [-0.1, -0.05) is 6.92 Å². The fraction of sp³-hybridized carbons (Fsp3) is 0.778. The van der Waals surface area contributed by atoms with Gasteiger partial charge in [0.2, 0.25) is 11.8 Å². The number of ether oxygens (including phenoxy) is 1. The van der Waals surface area contributed by atoms with Crippen molar-refractivity contribution < 1.29 is 9.15 Å². The van der Waals surface area contributed by atoms with Crippen molar-refractivity contribution in [2.24, 2.45) is 0 Å². The zero-order chi connectivity index (χ0) is 9.31. The second-order valence-corrected chi connectivity index (χ2v) is 3.41. The molecule has 1 fully saturated rings. The topological polar surface area (TPSA) is 48.2 Å². The maximum atomic E-state index is 5.48. The highest BCUT2D eigenvalue weighted by molar-refractivity contribution is 5.03. The molecule has 1 aliphatic carbocycles. The maximum absolute atomic E-state index is 5.48. The predicted octanol–water partition coefficient (Wildman–Crippen LogP) is 1.66. The van der Waals surface area contributed by atoms with Gasteiger partial charge in [0.1, 0.15) is 5.60 Å². The predicted molar refractivity (Wildman–Crippen MR) is 46.2 cm³/mol. The summed E-state index contributed by atoms with van der Waals surface area (Å²) in [7, 11) is 1.70. The van der Waals surface area contributed by atoms with Gasteiger partial charge in [-0.05, 0) is 19.3 Å².